The Kier molecular flexibility index (Phi) is 6.04. The molecule has 0 atom stereocenters. The van der Waals surface area contributed by atoms with E-state index in [2.05, 4.69) is 6.07 Å². The highest BCUT2D eigenvalue weighted by Gasteiger charge is 2.13. The van der Waals surface area contributed by atoms with Crippen molar-refractivity contribution >= 4 is 29.2 Å². The van der Waals surface area contributed by atoms with Gasteiger partial charge in [-0.1, -0.05) is 41.4 Å². The molecular weight excluding hydrogens is 342 g/mol. The van der Waals surface area contributed by atoms with Crippen LogP contribution in [-0.4, -0.2) is 24.8 Å². The predicted octanol–water partition coefficient (Wildman–Crippen LogP) is 4.18. The SMILES string of the molecule is COc1cc(/C=C(/C#N)c2cccc(C)c2)cc(Cl)c1OCC(=O)O. The summed E-state index contributed by atoms with van der Waals surface area (Å²) < 4.78 is 10.4. The molecule has 2 rings (SSSR count). The van der Waals surface area contributed by atoms with Crippen LogP contribution >= 0.6 is 11.6 Å². The Morgan fingerprint density at radius 3 is 2.72 bits per heavy atom. The van der Waals surface area contributed by atoms with E-state index < -0.39 is 12.6 Å². The number of halogens is 1. The van der Waals surface area contributed by atoms with Gasteiger partial charge >= 0.3 is 5.97 Å². The van der Waals surface area contributed by atoms with E-state index in [4.69, 9.17) is 26.2 Å². The van der Waals surface area contributed by atoms with E-state index in [9.17, 15) is 10.1 Å². The molecule has 0 spiro atoms. The number of aryl methyl sites for hydroxylation is 1. The number of carboxylic acids is 1. The fourth-order valence-corrected chi connectivity index (χ4v) is 2.53. The summed E-state index contributed by atoms with van der Waals surface area (Å²) in [4.78, 5) is 10.7. The molecule has 0 unspecified atom stereocenters. The summed E-state index contributed by atoms with van der Waals surface area (Å²) in [7, 11) is 1.43. The molecule has 0 amide bonds. The minimum absolute atomic E-state index is 0.151. The summed E-state index contributed by atoms with van der Waals surface area (Å²) in [6.45, 7) is 1.42. The zero-order valence-corrected chi connectivity index (χ0v) is 14.5. The van der Waals surface area contributed by atoms with Crippen molar-refractivity contribution in [1.82, 2.24) is 0 Å². The molecule has 0 saturated carbocycles. The van der Waals surface area contributed by atoms with Crippen molar-refractivity contribution in [2.24, 2.45) is 0 Å². The summed E-state index contributed by atoms with van der Waals surface area (Å²) in [6.07, 6.45) is 1.68. The molecule has 0 aliphatic rings. The zero-order valence-electron chi connectivity index (χ0n) is 13.7. The fourth-order valence-electron chi connectivity index (χ4n) is 2.26. The van der Waals surface area contributed by atoms with Crippen molar-refractivity contribution in [2.75, 3.05) is 13.7 Å². The van der Waals surface area contributed by atoms with Crippen molar-refractivity contribution in [3.63, 3.8) is 0 Å². The number of carboxylic acid groups (broad SMARTS) is 1. The molecule has 2 aromatic rings. The van der Waals surface area contributed by atoms with Crippen LogP contribution in [0.5, 0.6) is 11.5 Å². The summed E-state index contributed by atoms with van der Waals surface area (Å²) in [5.74, 6) is -0.674. The monoisotopic (exact) mass is 357 g/mol. The van der Waals surface area contributed by atoms with Crippen LogP contribution < -0.4 is 9.47 Å². The van der Waals surface area contributed by atoms with Gasteiger partial charge in [0.1, 0.15) is 0 Å². The number of benzene rings is 2. The molecule has 0 radical (unpaired) electrons. The Labute approximate surface area is 150 Å². The molecule has 0 bridgehead atoms. The fraction of sp³-hybridized carbons (Fsp3) is 0.158. The second kappa shape index (κ2) is 8.22. The van der Waals surface area contributed by atoms with Crippen LogP contribution in [0.3, 0.4) is 0 Å². The number of allylic oxidation sites excluding steroid dienone is 1. The maximum absolute atomic E-state index is 10.7. The van der Waals surface area contributed by atoms with E-state index in [0.29, 0.717) is 16.9 Å². The Morgan fingerprint density at radius 1 is 1.36 bits per heavy atom. The zero-order chi connectivity index (χ0) is 18.4. The van der Waals surface area contributed by atoms with Crippen LogP contribution in [0.1, 0.15) is 16.7 Å². The summed E-state index contributed by atoms with van der Waals surface area (Å²) in [5.41, 5.74) is 2.96. The number of rotatable bonds is 6. The van der Waals surface area contributed by atoms with E-state index in [1.165, 1.54) is 7.11 Å². The number of nitrogens with zero attached hydrogens (tertiary/aromatic N) is 1. The van der Waals surface area contributed by atoms with Gasteiger partial charge in [-0.3, -0.25) is 0 Å². The molecule has 0 aliphatic carbocycles. The molecule has 6 heteroatoms. The van der Waals surface area contributed by atoms with Gasteiger partial charge in [0, 0.05) is 0 Å². The van der Waals surface area contributed by atoms with Crippen LogP contribution in [0, 0.1) is 18.3 Å². The van der Waals surface area contributed by atoms with Crippen molar-refractivity contribution in [3.05, 3.63) is 58.1 Å². The highest BCUT2D eigenvalue weighted by Crippen LogP contribution is 2.37. The molecule has 25 heavy (non-hydrogen) atoms. The summed E-state index contributed by atoms with van der Waals surface area (Å²) in [6, 6.07) is 13.0. The normalized spacial score (nSPS) is 10.9. The predicted molar refractivity (Wildman–Crippen MR) is 95.8 cm³/mol. The quantitative estimate of drug-likeness (QED) is 0.619. The Balaban J connectivity index is 2.43. The van der Waals surface area contributed by atoms with E-state index >= 15 is 0 Å². The van der Waals surface area contributed by atoms with Crippen LogP contribution in [0.15, 0.2) is 36.4 Å². The van der Waals surface area contributed by atoms with Crippen molar-refractivity contribution in [3.8, 4) is 17.6 Å². The van der Waals surface area contributed by atoms with Gasteiger partial charge in [-0.05, 0) is 36.3 Å². The third-order valence-corrected chi connectivity index (χ3v) is 3.63. The molecular formula is C19H16ClNO4. The lowest BCUT2D eigenvalue weighted by Crippen LogP contribution is -2.10. The first-order chi connectivity index (χ1) is 11.9. The highest BCUT2D eigenvalue weighted by atomic mass is 35.5. The highest BCUT2D eigenvalue weighted by molar-refractivity contribution is 6.32. The third-order valence-electron chi connectivity index (χ3n) is 3.35. The van der Waals surface area contributed by atoms with E-state index in [0.717, 1.165) is 11.1 Å². The number of hydrogen-bond donors (Lipinski definition) is 1. The standard InChI is InChI=1S/C19H16ClNO4/c1-12-4-3-5-14(6-12)15(10-21)7-13-8-16(20)19(17(9-13)24-2)25-11-18(22)23/h3-9H,11H2,1-2H3,(H,22,23)/b15-7-. The molecule has 0 aromatic heterocycles. The Bertz CT molecular complexity index is 868. The maximum Gasteiger partial charge on any atom is 0.341 e. The van der Waals surface area contributed by atoms with Crippen molar-refractivity contribution in [1.29, 1.82) is 5.26 Å². The topological polar surface area (TPSA) is 79.5 Å². The van der Waals surface area contributed by atoms with Crippen LogP contribution in [0.2, 0.25) is 5.02 Å². The first-order valence-corrected chi connectivity index (χ1v) is 7.73. The van der Waals surface area contributed by atoms with E-state index in [-0.39, 0.29) is 10.8 Å². The first kappa shape index (κ1) is 18.4. The van der Waals surface area contributed by atoms with Gasteiger partial charge in [0.25, 0.3) is 0 Å². The smallest absolute Gasteiger partial charge is 0.341 e. The molecule has 0 aliphatic heterocycles. The van der Waals surface area contributed by atoms with Gasteiger partial charge in [-0.2, -0.15) is 5.26 Å². The number of methoxy groups -OCH3 is 1. The average Bonchev–Trinajstić information content (AvgIpc) is 2.58. The lowest BCUT2D eigenvalue weighted by atomic mass is 10.0. The Hall–Kier alpha value is -2.97. The second-order valence-electron chi connectivity index (χ2n) is 5.26. The number of nitriles is 1. The van der Waals surface area contributed by atoms with Gasteiger partial charge in [0.15, 0.2) is 18.1 Å². The van der Waals surface area contributed by atoms with Gasteiger partial charge in [0.2, 0.25) is 0 Å². The lowest BCUT2D eigenvalue weighted by Gasteiger charge is -2.12. The Morgan fingerprint density at radius 2 is 2.12 bits per heavy atom. The minimum Gasteiger partial charge on any atom is -0.493 e. The number of hydrogen-bond acceptors (Lipinski definition) is 4. The molecule has 128 valence electrons. The van der Waals surface area contributed by atoms with E-state index in [1.54, 1.807) is 18.2 Å². The summed E-state index contributed by atoms with van der Waals surface area (Å²) in [5, 5.41) is 18.4. The molecule has 0 fully saturated rings. The number of carbonyl (C=O) groups is 1. The summed E-state index contributed by atoms with van der Waals surface area (Å²) >= 11 is 6.18. The molecule has 5 nitrogen and oxygen atoms in total. The molecule has 0 heterocycles. The second-order valence-corrected chi connectivity index (χ2v) is 5.66. The van der Waals surface area contributed by atoms with Gasteiger partial charge in [-0.25, -0.2) is 4.79 Å². The van der Waals surface area contributed by atoms with Gasteiger partial charge in [0.05, 0.1) is 23.8 Å². The van der Waals surface area contributed by atoms with Crippen LogP contribution in [-0.2, 0) is 4.79 Å². The van der Waals surface area contributed by atoms with Gasteiger partial charge < -0.3 is 14.6 Å². The molecule has 1 N–H and O–H groups in total. The van der Waals surface area contributed by atoms with Gasteiger partial charge in [-0.15, -0.1) is 0 Å². The minimum atomic E-state index is -1.12. The third kappa shape index (κ3) is 4.75. The van der Waals surface area contributed by atoms with Crippen LogP contribution in [0.25, 0.3) is 11.6 Å². The molecule has 0 saturated heterocycles. The van der Waals surface area contributed by atoms with Crippen molar-refractivity contribution < 1.29 is 19.4 Å². The lowest BCUT2D eigenvalue weighted by molar-refractivity contribution is -0.139. The molecule has 2 aromatic carbocycles. The maximum atomic E-state index is 10.7. The largest absolute Gasteiger partial charge is 0.493 e. The first-order valence-electron chi connectivity index (χ1n) is 7.35. The number of ether oxygens (including phenoxy) is 2. The van der Waals surface area contributed by atoms with Crippen LogP contribution in [0.4, 0.5) is 0 Å². The van der Waals surface area contributed by atoms with Crippen molar-refractivity contribution in [2.45, 2.75) is 6.92 Å². The average molecular weight is 358 g/mol. The van der Waals surface area contributed by atoms with E-state index in [1.807, 2.05) is 31.2 Å². The number of aliphatic carboxylic acids is 1.